The van der Waals surface area contributed by atoms with Gasteiger partial charge in [0.1, 0.15) is 0 Å². The Balaban J connectivity index is 1.59. The van der Waals surface area contributed by atoms with Crippen molar-refractivity contribution in [3.05, 3.63) is 51.8 Å². The van der Waals surface area contributed by atoms with Crippen LogP contribution in [0.1, 0.15) is 21.6 Å². The second-order valence-electron chi connectivity index (χ2n) is 5.96. The van der Waals surface area contributed by atoms with Crippen LogP contribution in [0, 0.1) is 6.92 Å². The molecule has 6 heteroatoms. The molecule has 1 amide bonds. The van der Waals surface area contributed by atoms with E-state index < -0.39 is 0 Å². The lowest BCUT2D eigenvalue weighted by atomic mass is 10.2. The van der Waals surface area contributed by atoms with E-state index in [-0.39, 0.29) is 5.91 Å². The molecule has 0 radical (unpaired) electrons. The number of halogens is 1. The third-order valence-electron chi connectivity index (χ3n) is 4.26. The summed E-state index contributed by atoms with van der Waals surface area (Å²) in [6, 6.07) is 8.30. The summed E-state index contributed by atoms with van der Waals surface area (Å²) in [5, 5.41) is 4.26. The van der Waals surface area contributed by atoms with E-state index in [2.05, 4.69) is 44.1 Å². The molecule has 3 rings (SSSR count). The number of amides is 1. The van der Waals surface area contributed by atoms with Crippen LogP contribution < -0.4 is 0 Å². The highest BCUT2D eigenvalue weighted by Gasteiger charge is 2.24. The summed E-state index contributed by atoms with van der Waals surface area (Å²) in [4.78, 5) is 16.9. The maximum atomic E-state index is 12.6. The molecular formula is C17H21BrN4O. The summed E-state index contributed by atoms with van der Waals surface area (Å²) in [5.74, 6) is 0.0936. The Kier molecular flexibility index (Phi) is 4.82. The topological polar surface area (TPSA) is 41.4 Å². The fourth-order valence-electron chi connectivity index (χ4n) is 2.96. The zero-order valence-electron chi connectivity index (χ0n) is 13.5. The van der Waals surface area contributed by atoms with Gasteiger partial charge in [-0.15, -0.1) is 0 Å². The van der Waals surface area contributed by atoms with Gasteiger partial charge in [0.15, 0.2) is 0 Å². The van der Waals surface area contributed by atoms with Gasteiger partial charge in [-0.05, 0) is 18.6 Å². The number of aryl methyl sites for hydroxylation is 2. The van der Waals surface area contributed by atoms with Gasteiger partial charge in [0.2, 0.25) is 0 Å². The van der Waals surface area contributed by atoms with E-state index >= 15 is 0 Å². The molecule has 1 aromatic carbocycles. The van der Waals surface area contributed by atoms with Crippen molar-refractivity contribution >= 4 is 21.8 Å². The van der Waals surface area contributed by atoms with Gasteiger partial charge in [-0.3, -0.25) is 14.4 Å². The van der Waals surface area contributed by atoms with E-state index in [1.165, 1.54) is 5.56 Å². The molecule has 0 aliphatic carbocycles. The zero-order valence-corrected chi connectivity index (χ0v) is 15.1. The Morgan fingerprint density at radius 2 is 1.91 bits per heavy atom. The van der Waals surface area contributed by atoms with Crippen LogP contribution in [-0.2, 0) is 13.6 Å². The number of hydrogen-bond donors (Lipinski definition) is 0. The molecule has 0 bridgehead atoms. The van der Waals surface area contributed by atoms with E-state index in [1.807, 2.05) is 31.1 Å². The van der Waals surface area contributed by atoms with Crippen LogP contribution in [-0.4, -0.2) is 51.7 Å². The lowest BCUT2D eigenvalue weighted by Crippen LogP contribution is -2.48. The average molecular weight is 377 g/mol. The van der Waals surface area contributed by atoms with Gasteiger partial charge >= 0.3 is 0 Å². The number of carbonyl (C=O) groups is 1. The first-order valence-electron chi connectivity index (χ1n) is 7.80. The normalized spacial score (nSPS) is 15.9. The Bertz CT molecular complexity index is 704. The van der Waals surface area contributed by atoms with Crippen molar-refractivity contribution in [2.75, 3.05) is 26.2 Å². The van der Waals surface area contributed by atoms with Gasteiger partial charge in [-0.1, -0.05) is 34.1 Å². The molecule has 1 saturated heterocycles. The molecule has 1 aliphatic rings. The number of carbonyl (C=O) groups excluding carboxylic acids is 1. The highest BCUT2D eigenvalue weighted by Crippen LogP contribution is 2.19. The Labute approximate surface area is 145 Å². The lowest BCUT2D eigenvalue weighted by molar-refractivity contribution is 0.0627. The highest BCUT2D eigenvalue weighted by molar-refractivity contribution is 9.10. The number of piperazine rings is 1. The van der Waals surface area contributed by atoms with Crippen LogP contribution in [0.5, 0.6) is 0 Å². The van der Waals surface area contributed by atoms with Gasteiger partial charge < -0.3 is 4.90 Å². The standard InChI is InChI=1S/C17H21BrN4O/c1-13-15(12-20(2)19-13)17(23)22-9-7-21(8-10-22)11-14-5-3-4-6-16(14)18/h3-6,12H,7-11H2,1-2H3. The van der Waals surface area contributed by atoms with Crippen molar-refractivity contribution < 1.29 is 4.79 Å². The van der Waals surface area contributed by atoms with Crippen LogP contribution in [0.4, 0.5) is 0 Å². The molecule has 0 N–H and O–H groups in total. The van der Waals surface area contributed by atoms with E-state index in [4.69, 9.17) is 0 Å². The van der Waals surface area contributed by atoms with Crippen molar-refractivity contribution in [1.82, 2.24) is 19.6 Å². The minimum atomic E-state index is 0.0936. The van der Waals surface area contributed by atoms with E-state index in [0.29, 0.717) is 5.56 Å². The SMILES string of the molecule is Cc1nn(C)cc1C(=O)N1CCN(Cc2ccccc2Br)CC1. The van der Waals surface area contributed by atoms with Gasteiger partial charge in [0.05, 0.1) is 11.3 Å². The number of hydrogen-bond acceptors (Lipinski definition) is 3. The highest BCUT2D eigenvalue weighted by atomic mass is 79.9. The maximum Gasteiger partial charge on any atom is 0.257 e. The van der Waals surface area contributed by atoms with Crippen molar-refractivity contribution in [3.8, 4) is 0 Å². The fourth-order valence-corrected chi connectivity index (χ4v) is 3.37. The number of benzene rings is 1. The average Bonchev–Trinajstić information content (AvgIpc) is 2.88. The van der Waals surface area contributed by atoms with Gasteiger partial charge in [-0.2, -0.15) is 5.10 Å². The first-order chi connectivity index (χ1) is 11.0. The molecule has 1 fully saturated rings. The summed E-state index contributed by atoms with van der Waals surface area (Å²) in [6.45, 7) is 6.11. The third-order valence-corrected chi connectivity index (χ3v) is 5.03. The molecule has 1 aliphatic heterocycles. The molecule has 122 valence electrons. The first-order valence-corrected chi connectivity index (χ1v) is 8.59. The second-order valence-corrected chi connectivity index (χ2v) is 6.82. The molecule has 2 heterocycles. The summed E-state index contributed by atoms with van der Waals surface area (Å²) < 4.78 is 2.84. The van der Waals surface area contributed by atoms with Crippen LogP contribution in [0.15, 0.2) is 34.9 Å². The largest absolute Gasteiger partial charge is 0.336 e. The number of nitrogens with zero attached hydrogens (tertiary/aromatic N) is 4. The second kappa shape index (κ2) is 6.84. The molecule has 0 spiro atoms. The fraction of sp³-hybridized carbons (Fsp3) is 0.412. The minimum Gasteiger partial charge on any atom is -0.336 e. The predicted octanol–water partition coefficient (Wildman–Crippen LogP) is 2.45. The first kappa shape index (κ1) is 16.2. The molecule has 2 aromatic rings. The number of rotatable bonds is 3. The smallest absolute Gasteiger partial charge is 0.257 e. The molecule has 23 heavy (non-hydrogen) atoms. The molecular weight excluding hydrogens is 356 g/mol. The van der Waals surface area contributed by atoms with Crippen molar-refractivity contribution in [2.45, 2.75) is 13.5 Å². The van der Waals surface area contributed by atoms with E-state index in [0.717, 1.165) is 42.9 Å². The van der Waals surface area contributed by atoms with Crippen LogP contribution >= 0.6 is 15.9 Å². The zero-order chi connectivity index (χ0) is 16.4. The predicted molar refractivity (Wildman–Crippen MR) is 93.3 cm³/mol. The molecule has 0 atom stereocenters. The Hall–Kier alpha value is -1.66. The van der Waals surface area contributed by atoms with E-state index in [1.54, 1.807) is 4.68 Å². The van der Waals surface area contributed by atoms with Crippen molar-refractivity contribution in [2.24, 2.45) is 7.05 Å². The molecule has 0 unspecified atom stereocenters. The number of aromatic nitrogens is 2. The quantitative estimate of drug-likeness (QED) is 0.825. The molecule has 0 saturated carbocycles. The summed E-state index contributed by atoms with van der Waals surface area (Å²) in [7, 11) is 1.85. The Morgan fingerprint density at radius 1 is 1.22 bits per heavy atom. The van der Waals surface area contributed by atoms with Gasteiger partial charge in [0, 0.05) is 50.4 Å². The minimum absolute atomic E-state index is 0.0936. The van der Waals surface area contributed by atoms with E-state index in [9.17, 15) is 4.79 Å². The molecule has 5 nitrogen and oxygen atoms in total. The third kappa shape index (κ3) is 3.64. The van der Waals surface area contributed by atoms with Crippen LogP contribution in [0.2, 0.25) is 0 Å². The summed E-state index contributed by atoms with van der Waals surface area (Å²) in [5.41, 5.74) is 2.80. The summed E-state index contributed by atoms with van der Waals surface area (Å²) in [6.07, 6.45) is 1.81. The van der Waals surface area contributed by atoms with Crippen molar-refractivity contribution in [1.29, 1.82) is 0 Å². The lowest BCUT2D eigenvalue weighted by Gasteiger charge is -2.34. The molecule has 1 aromatic heterocycles. The monoisotopic (exact) mass is 376 g/mol. The van der Waals surface area contributed by atoms with Crippen LogP contribution in [0.3, 0.4) is 0 Å². The summed E-state index contributed by atoms with van der Waals surface area (Å²) >= 11 is 3.60. The van der Waals surface area contributed by atoms with Crippen LogP contribution in [0.25, 0.3) is 0 Å². The Morgan fingerprint density at radius 3 is 2.52 bits per heavy atom. The van der Waals surface area contributed by atoms with Crippen molar-refractivity contribution in [3.63, 3.8) is 0 Å². The van der Waals surface area contributed by atoms with Gasteiger partial charge in [-0.25, -0.2) is 0 Å². The van der Waals surface area contributed by atoms with Gasteiger partial charge in [0.25, 0.3) is 5.91 Å². The maximum absolute atomic E-state index is 12.6.